The van der Waals surface area contributed by atoms with E-state index in [1.165, 1.54) is 0 Å². The van der Waals surface area contributed by atoms with Gasteiger partial charge in [-0.15, -0.1) is 0 Å². The number of hydrogen-bond donors (Lipinski definition) is 2. The lowest BCUT2D eigenvalue weighted by molar-refractivity contribution is 0.0125. The smallest absolute Gasteiger partial charge is 0.252 e. The maximum Gasteiger partial charge on any atom is 0.252 e. The molecule has 1 aliphatic heterocycles. The fourth-order valence-electron chi connectivity index (χ4n) is 2.06. The summed E-state index contributed by atoms with van der Waals surface area (Å²) in [5, 5.41) is 13.0. The van der Waals surface area contributed by atoms with Crippen LogP contribution in [0.4, 0.5) is 0 Å². The normalized spacial score (nSPS) is 18.1. The number of aliphatic hydroxyl groups excluding tert-OH is 1. The minimum Gasteiger partial charge on any atom is -0.394 e. The third kappa shape index (κ3) is 3.59. The topological polar surface area (TPSA) is 58.6 Å². The van der Waals surface area contributed by atoms with E-state index in [1.54, 1.807) is 18.2 Å². The SMILES string of the molecule is O=C(NC1(CO)CCOCC1)c1cc(Cl)ccc1I. The highest BCUT2D eigenvalue weighted by atomic mass is 127. The van der Waals surface area contributed by atoms with Crippen molar-refractivity contribution in [3.8, 4) is 0 Å². The maximum absolute atomic E-state index is 12.3. The monoisotopic (exact) mass is 395 g/mol. The molecule has 6 heteroatoms. The minimum absolute atomic E-state index is 0.0841. The van der Waals surface area contributed by atoms with E-state index < -0.39 is 5.54 Å². The van der Waals surface area contributed by atoms with Crippen LogP contribution in [0.3, 0.4) is 0 Å². The highest BCUT2D eigenvalue weighted by Crippen LogP contribution is 2.23. The van der Waals surface area contributed by atoms with E-state index in [0.29, 0.717) is 36.6 Å². The van der Waals surface area contributed by atoms with Gasteiger partial charge >= 0.3 is 0 Å². The van der Waals surface area contributed by atoms with Crippen molar-refractivity contribution in [3.05, 3.63) is 32.4 Å². The Morgan fingerprint density at radius 2 is 2.16 bits per heavy atom. The molecule has 0 aliphatic carbocycles. The highest BCUT2D eigenvalue weighted by Gasteiger charge is 2.34. The number of benzene rings is 1. The molecule has 2 N–H and O–H groups in total. The Hall–Kier alpha value is -0.370. The van der Waals surface area contributed by atoms with Crippen molar-refractivity contribution >= 4 is 40.1 Å². The third-order valence-electron chi connectivity index (χ3n) is 3.30. The van der Waals surface area contributed by atoms with Gasteiger partial charge in [0.15, 0.2) is 0 Å². The summed E-state index contributed by atoms with van der Waals surface area (Å²) in [6, 6.07) is 5.19. The minimum atomic E-state index is -0.583. The van der Waals surface area contributed by atoms with Crippen LogP contribution in [0.5, 0.6) is 0 Å². The van der Waals surface area contributed by atoms with Crippen LogP contribution in [0, 0.1) is 3.57 Å². The van der Waals surface area contributed by atoms with Crippen LogP contribution in [-0.4, -0.2) is 36.4 Å². The van der Waals surface area contributed by atoms with Crippen molar-refractivity contribution in [1.29, 1.82) is 0 Å². The van der Waals surface area contributed by atoms with Gasteiger partial charge in [0, 0.05) is 21.8 Å². The summed E-state index contributed by atoms with van der Waals surface area (Å²) in [5.41, 5.74) is -0.0480. The summed E-state index contributed by atoms with van der Waals surface area (Å²) < 4.78 is 6.10. The zero-order valence-electron chi connectivity index (χ0n) is 10.3. The van der Waals surface area contributed by atoms with Gasteiger partial charge in [0.1, 0.15) is 0 Å². The van der Waals surface area contributed by atoms with Crippen LogP contribution < -0.4 is 5.32 Å². The van der Waals surface area contributed by atoms with Crippen LogP contribution in [0.1, 0.15) is 23.2 Å². The van der Waals surface area contributed by atoms with Crippen molar-refractivity contribution in [3.63, 3.8) is 0 Å². The summed E-state index contributed by atoms with van der Waals surface area (Å²) in [6.45, 7) is 1.01. The molecule has 1 aromatic carbocycles. The molecule has 1 aliphatic rings. The van der Waals surface area contributed by atoms with Gasteiger partial charge < -0.3 is 15.2 Å². The summed E-state index contributed by atoms with van der Waals surface area (Å²) in [5.74, 6) is -0.206. The molecule has 0 unspecified atom stereocenters. The molecule has 1 aromatic rings. The summed E-state index contributed by atoms with van der Waals surface area (Å²) in [4.78, 5) is 12.3. The van der Waals surface area contributed by atoms with Crippen LogP contribution >= 0.6 is 34.2 Å². The van der Waals surface area contributed by atoms with Gasteiger partial charge in [0.2, 0.25) is 0 Å². The average Bonchev–Trinajstić information content (AvgIpc) is 2.42. The first kappa shape index (κ1) is 15.0. The highest BCUT2D eigenvalue weighted by molar-refractivity contribution is 14.1. The van der Waals surface area contributed by atoms with E-state index in [9.17, 15) is 9.90 Å². The zero-order chi connectivity index (χ0) is 13.9. The molecule has 104 valence electrons. The molecule has 19 heavy (non-hydrogen) atoms. The summed E-state index contributed by atoms with van der Waals surface area (Å²) >= 11 is 8.02. The van der Waals surface area contributed by atoms with Gasteiger partial charge in [-0.2, -0.15) is 0 Å². The quantitative estimate of drug-likeness (QED) is 0.772. The van der Waals surface area contributed by atoms with Gasteiger partial charge in [-0.05, 0) is 53.6 Å². The molecule has 1 amide bonds. The Balaban J connectivity index is 2.17. The Labute approximate surface area is 130 Å². The number of hydrogen-bond acceptors (Lipinski definition) is 3. The van der Waals surface area contributed by atoms with Crippen molar-refractivity contribution in [2.24, 2.45) is 0 Å². The molecule has 1 fully saturated rings. The number of ether oxygens (including phenoxy) is 1. The van der Waals surface area contributed by atoms with E-state index in [0.717, 1.165) is 3.57 Å². The standard InChI is InChI=1S/C13H15ClINO3/c14-9-1-2-11(15)10(7-9)12(18)16-13(8-17)3-5-19-6-4-13/h1-2,7,17H,3-6,8H2,(H,16,18). The van der Waals surface area contributed by atoms with E-state index in [2.05, 4.69) is 27.9 Å². The molecule has 1 saturated heterocycles. The molecule has 0 bridgehead atoms. The van der Waals surface area contributed by atoms with Crippen molar-refractivity contribution < 1.29 is 14.6 Å². The number of aliphatic hydroxyl groups is 1. The van der Waals surface area contributed by atoms with Gasteiger partial charge in [0.25, 0.3) is 5.91 Å². The molecule has 1 heterocycles. The molecular formula is C13H15ClINO3. The zero-order valence-corrected chi connectivity index (χ0v) is 13.2. The largest absolute Gasteiger partial charge is 0.394 e. The number of carbonyl (C=O) groups is 1. The molecular weight excluding hydrogens is 381 g/mol. The predicted molar refractivity (Wildman–Crippen MR) is 81.5 cm³/mol. The number of nitrogens with one attached hydrogen (secondary N) is 1. The summed E-state index contributed by atoms with van der Waals surface area (Å²) in [6.07, 6.45) is 1.23. The average molecular weight is 396 g/mol. The molecule has 0 saturated carbocycles. The molecule has 0 aromatic heterocycles. The number of carbonyl (C=O) groups excluding carboxylic acids is 1. The van der Waals surface area contributed by atoms with Crippen molar-refractivity contribution in [2.75, 3.05) is 19.8 Å². The second-order valence-corrected chi connectivity index (χ2v) is 6.23. The van der Waals surface area contributed by atoms with E-state index in [1.807, 2.05) is 0 Å². The molecule has 0 radical (unpaired) electrons. The van der Waals surface area contributed by atoms with Gasteiger partial charge in [-0.3, -0.25) is 4.79 Å². The molecule has 4 nitrogen and oxygen atoms in total. The van der Waals surface area contributed by atoms with Crippen LogP contribution in [0.25, 0.3) is 0 Å². The third-order valence-corrected chi connectivity index (χ3v) is 4.48. The van der Waals surface area contributed by atoms with E-state index in [-0.39, 0.29) is 12.5 Å². The Bertz CT molecular complexity index is 475. The lowest BCUT2D eigenvalue weighted by atomic mass is 9.90. The fraction of sp³-hybridized carbons (Fsp3) is 0.462. The summed E-state index contributed by atoms with van der Waals surface area (Å²) in [7, 11) is 0. The van der Waals surface area contributed by atoms with Gasteiger partial charge in [-0.1, -0.05) is 11.6 Å². The first-order valence-corrected chi connectivity index (χ1v) is 7.48. The first-order valence-electron chi connectivity index (χ1n) is 6.02. The predicted octanol–water partition coefficient (Wildman–Crippen LogP) is 2.22. The maximum atomic E-state index is 12.3. The second kappa shape index (κ2) is 6.39. The number of amides is 1. The van der Waals surface area contributed by atoms with Crippen molar-refractivity contribution in [1.82, 2.24) is 5.32 Å². The lowest BCUT2D eigenvalue weighted by Crippen LogP contribution is -2.54. The Morgan fingerprint density at radius 3 is 2.79 bits per heavy atom. The number of halogens is 2. The Kier molecular flexibility index (Phi) is 5.05. The van der Waals surface area contributed by atoms with Gasteiger partial charge in [-0.25, -0.2) is 0 Å². The van der Waals surface area contributed by atoms with Crippen LogP contribution in [-0.2, 0) is 4.74 Å². The Morgan fingerprint density at radius 1 is 1.47 bits per heavy atom. The molecule has 2 rings (SSSR count). The van der Waals surface area contributed by atoms with Gasteiger partial charge in [0.05, 0.1) is 17.7 Å². The molecule has 0 atom stereocenters. The lowest BCUT2D eigenvalue weighted by Gasteiger charge is -2.36. The van der Waals surface area contributed by atoms with Crippen LogP contribution in [0.2, 0.25) is 5.02 Å². The number of rotatable bonds is 3. The molecule has 0 spiro atoms. The fourth-order valence-corrected chi connectivity index (χ4v) is 2.82. The van der Waals surface area contributed by atoms with Crippen LogP contribution in [0.15, 0.2) is 18.2 Å². The van der Waals surface area contributed by atoms with E-state index >= 15 is 0 Å². The second-order valence-electron chi connectivity index (χ2n) is 4.63. The van der Waals surface area contributed by atoms with E-state index in [4.69, 9.17) is 16.3 Å². The van der Waals surface area contributed by atoms with Crippen molar-refractivity contribution in [2.45, 2.75) is 18.4 Å². The first-order chi connectivity index (χ1) is 9.06.